The second-order valence-electron chi connectivity index (χ2n) is 8.12. The quantitative estimate of drug-likeness (QED) is 0.318. The van der Waals surface area contributed by atoms with Crippen LogP contribution in [0.4, 0.5) is 0 Å². The molecule has 1 fully saturated rings. The molecule has 0 spiro atoms. The van der Waals surface area contributed by atoms with Crippen LogP contribution in [-0.2, 0) is 14.1 Å². The Bertz CT molecular complexity index is 772. The standard InChI is InChI=1S/C20H29BBr3N3O4/c1-11(2)7-16(21-30-12(3)8-25-9-13(4)31-21)27-17(28)10-26-20(29)18-14(22)5-6-15(23)19(18)24/h5-6,11-13,16,25H,7-10H2,1-4H3,(H,26,29)(H,27,28)/t12?,13?,16-/m0/s1. The van der Waals surface area contributed by atoms with Crippen LogP contribution in [0.2, 0.25) is 0 Å². The Morgan fingerprint density at radius 2 is 1.71 bits per heavy atom. The van der Waals surface area contributed by atoms with Gasteiger partial charge in [-0.2, -0.15) is 0 Å². The van der Waals surface area contributed by atoms with Gasteiger partial charge in [-0.1, -0.05) is 13.8 Å². The van der Waals surface area contributed by atoms with Gasteiger partial charge >= 0.3 is 7.12 Å². The van der Waals surface area contributed by atoms with Crippen LogP contribution in [0.5, 0.6) is 0 Å². The monoisotopic (exact) mass is 623 g/mol. The Morgan fingerprint density at radius 1 is 1.13 bits per heavy atom. The zero-order valence-electron chi connectivity index (χ0n) is 18.1. The molecular formula is C20H29BBr3N3O4. The molecule has 7 nitrogen and oxygen atoms in total. The van der Waals surface area contributed by atoms with Crippen LogP contribution in [-0.4, -0.2) is 56.7 Å². The molecule has 172 valence electrons. The van der Waals surface area contributed by atoms with Gasteiger partial charge in [0.1, 0.15) is 0 Å². The lowest BCUT2D eigenvalue weighted by molar-refractivity contribution is -0.120. The van der Waals surface area contributed by atoms with Crippen LogP contribution >= 0.6 is 47.8 Å². The molecular weight excluding hydrogens is 597 g/mol. The number of carbonyl (C=O) groups is 2. The van der Waals surface area contributed by atoms with E-state index in [0.717, 1.165) is 17.6 Å². The molecule has 2 amide bonds. The third-order valence-corrected chi connectivity index (χ3v) is 7.35. The lowest BCUT2D eigenvalue weighted by atomic mass is 9.73. The largest absolute Gasteiger partial charge is 0.481 e. The van der Waals surface area contributed by atoms with Gasteiger partial charge in [0.25, 0.3) is 5.91 Å². The highest BCUT2D eigenvalue weighted by Crippen LogP contribution is 2.32. The van der Waals surface area contributed by atoms with E-state index in [-0.39, 0.29) is 36.5 Å². The maximum atomic E-state index is 12.7. The fourth-order valence-electron chi connectivity index (χ4n) is 3.25. The number of benzene rings is 1. The molecule has 1 aromatic rings. The number of nitrogens with one attached hydrogen (secondary N) is 3. The van der Waals surface area contributed by atoms with Crippen molar-refractivity contribution in [1.82, 2.24) is 16.0 Å². The second kappa shape index (κ2) is 12.7. The van der Waals surface area contributed by atoms with Crippen LogP contribution in [0.3, 0.4) is 0 Å². The molecule has 0 aromatic heterocycles. The summed E-state index contributed by atoms with van der Waals surface area (Å²) in [5.41, 5.74) is 0.419. The zero-order chi connectivity index (χ0) is 23.1. The Labute approximate surface area is 209 Å². The molecule has 1 aromatic carbocycles. The Morgan fingerprint density at radius 3 is 2.29 bits per heavy atom. The highest BCUT2D eigenvalue weighted by atomic mass is 79.9. The maximum absolute atomic E-state index is 12.7. The number of halogens is 3. The first kappa shape index (κ1) is 26.8. The van der Waals surface area contributed by atoms with Crippen LogP contribution in [0.1, 0.15) is 44.5 Å². The highest BCUT2D eigenvalue weighted by molar-refractivity contribution is 9.13. The Hall–Kier alpha value is -0.455. The summed E-state index contributed by atoms with van der Waals surface area (Å²) in [6, 6.07) is 3.59. The fraction of sp³-hybridized carbons (Fsp3) is 0.600. The molecule has 0 aliphatic carbocycles. The molecule has 1 heterocycles. The first-order chi connectivity index (χ1) is 14.6. The smallest absolute Gasteiger partial charge is 0.406 e. The number of carbonyl (C=O) groups excluding carboxylic acids is 2. The summed E-state index contributed by atoms with van der Waals surface area (Å²) in [5.74, 6) is -0.650. The molecule has 0 bridgehead atoms. The molecule has 1 aliphatic rings. The summed E-state index contributed by atoms with van der Waals surface area (Å²) in [6.45, 7) is 9.40. The van der Waals surface area contributed by atoms with Crippen LogP contribution in [0.15, 0.2) is 25.6 Å². The summed E-state index contributed by atoms with van der Waals surface area (Å²) < 4.78 is 14.1. The number of amides is 2. The summed E-state index contributed by atoms with van der Waals surface area (Å²) >= 11 is 10.2. The normalized spacial score (nSPS) is 20.7. The van der Waals surface area contributed by atoms with Gasteiger partial charge in [0.05, 0.1) is 30.3 Å². The average molecular weight is 626 g/mol. The van der Waals surface area contributed by atoms with Crippen LogP contribution < -0.4 is 16.0 Å². The van der Waals surface area contributed by atoms with Gasteiger partial charge in [-0.05, 0) is 86.1 Å². The van der Waals surface area contributed by atoms with Crippen molar-refractivity contribution < 1.29 is 18.9 Å². The van der Waals surface area contributed by atoms with Crippen molar-refractivity contribution in [1.29, 1.82) is 0 Å². The minimum atomic E-state index is -0.553. The van der Waals surface area contributed by atoms with Gasteiger partial charge in [-0.3, -0.25) is 9.59 Å². The van der Waals surface area contributed by atoms with Gasteiger partial charge in [0.15, 0.2) is 0 Å². The van der Waals surface area contributed by atoms with E-state index >= 15 is 0 Å². The van der Waals surface area contributed by atoms with Crippen molar-refractivity contribution in [2.24, 2.45) is 5.92 Å². The van der Waals surface area contributed by atoms with E-state index in [1.807, 2.05) is 19.9 Å². The summed E-state index contributed by atoms with van der Waals surface area (Å²) in [7, 11) is -0.553. The number of hydrogen-bond donors (Lipinski definition) is 3. The Balaban J connectivity index is 2.03. The molecule has 31 heavy (non-hydrogen) atoms. The van der Waals surface area contributed by atoms with E-state index in [1.54, 1.807) is 6.07 Å². The molecule has 2 unspecified atom stereocenters. The first-order valence-corrected chi connectivity index (χ1v) is 12.7. The van der Waals surface area contributed by atoms with Crippen LogP contribution in [0, 0.1) is 5.92 Å². The number of hydrogen-bond acceptors (Lipinski definition) is 5. The summed E-state index contributed by atoms with van der Waals surface area (Å²) in [4.78, 5) is 25.3. The third kappa shape index (κ3) is 8.44. The van der Waals surface area contributed by atoms with Gasteiger partial charge in [-0.25, -0.2) is 0 Å². The topological polar surface area (TPSA) is 88.7 Å². The zero-order valence-corrected chi connectivity index (χ0v) is 22.9. The second-order valence-corrected chi connectivity index (χ2v) is 10.6. The van der Waals surface area contributed by atoms with Gasteiger partial charge in [-0.15, -0.1) is 0 Å². The first-order valence-electron chi connectivity index (χ1n) is 10.3. The third-order valence-electron chi connectivity index (χ3n) is 4.68. The molecule has 1 saturated heterocycles. The molecule has 3 N–H and O–H groups in total. The van der Waals surface area contributed by atoms with Gasteiger partial charge < -0.3 is 25.3 Å². The molecule has 3 atom stereocenters. The van der Waals surface area contributed by atoms with Crippen molar-refractivity contribution >= 4 is 66.7 Å². The SMILES string of the molecule is CC(C)C[C@H](NC(=O)CNC(=O)c1c(Br)ccc(Br)c1Br)B1OC(C)CNCC(C)O1. The predicted molar refractivity (Wildman–Crippen MR) is 133 cm³/mol. The number of rotatable bonds is 7. The van der Waals surface area contributed by atoms with Crippen molar-refractivity contribution in [3.8, 4) is 0 Å². The van der Waals surface area contributed by atoms with Crippen LogP contribution in [0.25, 0.3) is 0 Å². The van der Waals surface area contributed by atoms with E-state index in [4.69, 9.17) is 9.31 Å². The lowest BCUT2D eigenvalue weighted by Gasteiger charge is -2.32. The minimum Gasteiger partial charge on any atom is -0.406 e. The average Bonchev–Trinajstić information content (AvgIpc) is 2.67. The minimum absolute atomic E-state index is 0.0463. The van der Waals surface area contributed by atoms with E-state index in [2.05, 4.69) is 77.6 Å². The Kier molecular flexibility index (Phi) is 11.0. The van der Waals surface area contributed by atoms with E-state index in [1.165, 1.54) is 0 Å². The summed E-state index contributed by atoms with van der Waals surface area (Å²) in [5, 5.41) is 8.98. The molecule has 11 heteroatoms. The maximum Gasteiger partial charge on any atom is 0.481 e. The fourth-order valence-corrected chi connectivity index (χ4v) is 4.89. The van der Waals surface area contributed by atoms with Crippen molar-refractivity contribution in [3.63, 3.8) is 0 Å². The molecule has 1 aliphatic heterocycles. The van der Waals surface area contributed by atoms with Crippen molar-refractivity contribution in [2.45, 2.75) is 52.3 Å². The van der Waals surface area contributed by atoms with E-state index in [9.17, 15) is 9.59 Å². The summed E-state index contributed by atoms with van der Waals surface area (Å²) in [6.07, 6.45) is 0.602. The van der Waals surface area contributed by atoms with Gasteiger partial charge in [0, 0.05) is 26.5 Å². The molecule has 0 radical (unpaired) electrons. The lowest BCUT2D eigenvalue weighted by Crippen LogP contribution is -2.56. The van der Waals surface area contributed by atoms with Crippen molar-refractivity contribution in [3.05, 3.63) is 31.1 Å². The highest BCUT2D eigenvalue weighted by Gasteiger charge is 2.36. The van der Waals surface area contributed by atoms with Gasteiger partial charge in [0.2, 0.25) is 5.91 Å². The predicted octanol–water partition coefficient (Wildman–Crippen LogP) is 3.68. The molecule has 0 saturated carbocycles. The van der Waals surface area contributed by atoms with E-state index in [0.29, 0.717) is 26.8 Å². The molecule has 2 rings (SSSR count). The van der Waals surface area contributed by atoms with E-state index < -0.39 is 7.12 Å². The van der Waals surface area contributed by atoms with Crippen molar-refractivity contribution in [2.75, 3.05) is 19.6 Å².